The summed E-state index contributed by atoms with van der Waals surface area (Å²) in [4.78, 5) is 15.6. The summed E-state index contributed by atoms with van der Waals surface area (Å²) < 4.78 is 13.6. The van der Waals surface area contributed by atoms with Crippen LogP contribution in [-0.4, -0.2) is 15.0 Å². The SMILES string of the molecule is c1ccc(-c2nc(-c3cccc4c3oc3c5c(ccc34)-c3ccccc3C53C4CC5CC(C4)C3C5)nc(-c3cccc4oc5ccccc5c34)n2)cc1. The highest BCUT2D eigenvalue weighted by Crippen LogP contribution is 2.73. The van der Waals surface area contributed by atoms with Gasteiger partial charge < -0.3 is 8.83 Å². The fourth-order valence-corrected chi connectivity index (χ4v) is 11.8. The third-order valence-corrected chi connectivity index (χ3v) is 13.5. The van der Waals surface area contributed by atoms with Gasteiger partial charge in [-0.1, -0.05) is 103 Å². The molecule has 14 rings (SSSR count). The van der Waals surface area contributed by atoms with Crippen molar-refractivity contribution < 1.29 is 8.83 Å². The number of aromatic nitrogens is 3. The molecule has 5 unspecified atom stereocenters. The van der Waals surface area contributed by atoms with Gasteiger partial charge in [-0.3, -0.25) is 0 Å². The second kappa shape index (κ2) is 10.1. The van der Waals surface area contributed by atoms with Crippen LogP contribution in [0.15, 0.2) is 136 Å². The average molecular weight is 684 g/mol. The first-order chi connectivity index (χ1) is 26.2. The molecule has 4 bridgehead atoms. The van der Waals surface area contributed by atoms with E-state index >= 15 is 0 Å². The molecule has 252 valence electrons. The van der Waals surface area contributed by atoms with Crippen molar-refractivity contribution in [2.45, 2.75) is 31.1 Å². The molecule has 9 aromatic rings. The number of nitrogens with zero attached hydrogens (tertiary/aromatic N) is 3. The van der Waals surface area contributed by atoms with Gasteiger partial charge in [-0.25, -0.2) is 15.0 Å². The Bertz CT molecular complexity index is 3010. The summed E-state index contributed by atoms with van der Waals surface area (Å²) in [5.74, 6) is 4.85. The summed E-state index contributed by atoms with van der Waals surface area (Å²) in [5, 5.41) is 4.32. The lowest BCUT2D eigenvalue weighted by molar-refractivity contribution is 0.191. The van der Waals surface area contributed by atoms with E-state index in [0.29, 0.717) is 29.3 Å². The van der Waals surface area contributed by atoms with Gasteiger partial charge in [-0.15, -0.1) is 0 Å². The summed E-state index contributed by atoms with van der Waals surface area (Å²) in [6.07, 6.45) is 5.41. The minimum atomic E-state index is 0.0179. The van der Waals surface area contributed by atoms with E-state index in [-0.39, 0.29) is 5.41 Å². The molecule has 0 N–H and O–H groups in total. The van der Waals surface area contributed by atoms with Crippen molar-refractivity contribution in [3.05, 3.63) is 139 Å². The number of para-hydroxylation sites is 2. The summed E-state index contributed by atoms with van der Waals surface area (Å²) in [5.41, 5.74) is 12.0. The summed E-state index contributed by atoms with van der Waals surface area (Å²) in [6.45, 7) is 0. The maximum Gasteiger partial charge on any atom is 0.167 e. The van der Waals surface area contributed by atoms with Crippen LogP contribution >= 0.6 is 0 Å². The van der Waals surface area contributed by atoms with E-state index in [1.807, 2.05) is 48.5 Å². The Labute approximate surface area is 305 Å². The van der Waals surface area contributed by atoms with E-state index < -0.39 is 0 Å². The number of benzene rings is 6. The average Bonchev–Trinajstić information content (AvgIpc) is 3.98. The Morgan fingerprint density at radius 2 is 1.21 bits per heavy atom. The minimum Gasteiger partial charge on any atom is -0.456 e. The number of hydrogen-bond acceptors (Lipinski definition) is 5. The Hall–Kier alpha value is -6.07. The van der Waals surface area contributed by atoms with Crippen LogP contribution in [0.5, 0.6) is 0 Å². The van der Waals surface area contributed by atoms with Crippen molar-refractivity contribution in [1.82, 2.24) is 15.0 Å². The molecule has 5 aliphatic rings. The molecule has 4 fully saturated rings. The Morgan fingerprint density at radius 1 is 0.491 bits per heavy atom. The molecule has 0 amide bonds. The van der Waals surface area contributed by atoms with Gasteiger partial charge in [0, 0.05) is 43.7 Å². The van der Waals surface area contributed by atoms with Gasteiger partial charge in [0.05, 0.1) is 5.56 Å². The Morgan fingerprint density at radius 3 is 2.13 bits per heavy atom. The lowest BCUT2D eigenvalue weighted by Crippen LogP contribution is -2.40. The number of furan rings is 2. The fourth-order valence-electron chi connectivity index (χ4n) is 11.8. The van der Waals surface area contributed by atoms with Crippen molar-refractivity contribution in [2.24, 2.45) is 23.7 Å². The second-order valence-electron chi connectivity index (χ2n) is 15.9. The summed E-state index contributed by atoms with van der Waals surface area (Å²) in [6, 6.07) is 44.8. The molecule has 4 saturated carbocycles. The molecule has 5 heteroatoms. The fraction of sp³-hybridized carbons (Fsp3) is 0.188. The van der Waals surface area contributed by atoms with Crippen LogP contribution in [0.4, 0.5) is 0 Å². The van der Waals surface area contributed by atoms with Crippen LogP contribution in [0.2, 0.25) is 0 Å². The first-order valence-electron chi connectivity index (χ1n) is 19.0. The van der Waals surface area contributed by atoms with E-state index in [2.05, 4.69) is 78.9 Å². The molecule has 3 heterocycles. The van der Waals surface area contributed by atoms with Crippen molar-refractivity contribution >= 4 is 43.9 Å². The standard InChI is InChI=1S/C48H33N3O2/c1-2-10-27(11-3-1)45-49-46(35-15-9-19-40-41(35)34-13-5-7-18-39(34)52-40)51-47(50-45)36-16-8-14-32-33-21-20-31-30-12-4-6-17-37(30)48(42(31)44(33)53-43(32)36)29-23-26-22-28(25-29)38(48)24-26/h1-21,26,28-29,38H,22-25H2. The quantitative estimate of drug-likeness (QED) is 0.185. The highest BCUT2D eigenvalue weighted by atomic mass is 16.3. The monoisotopic (exact) mass is 683 g/mol. The third-order valence-electron chi connectivity index (χ3n) is 13.5. The third kappa shape index (κ3) is 3.60. The van der Waals surface area contributed by atoms with Crippen molar-refractivity contribution in [3.8, 4) is 45.3 Å². The zero-order valence-electron chi connectivity index (χ0n) is 28.9. The lowest BCUT2D eigenvalue weighted by Gasteiger charge is -2.43. The Kier molecular flexibility index (Phi) is 5.42. The zero-order valence-corrected chi connectivity index (χ0v) is 28.9. The molecule has 5 atom stereocenters. The number of fused-ring (bicyclic) bond motifs is 10. The maximum atomic E-state index is 7.30. The summed E-state index contributed by atoms with van der Waals surface area (Å²) >= 11 is 0. The maximum absolute atomic E-state index is 7.30. The molecule has 0 saturated heterocycles. The van der Waals surface area contributed by atoms with Gasteiger partial charge in [0.25, 0.3) is 0 Å². The van der Waals surface area contributed by atoms with Crippen molar-refractivity contribution in [2.75, 3.05) is 0 Å². The predicted molar refractivity (Wildman–Crippen MR) is 209 cm³/mol. The normalized spacial score (nSPS) is 23.6. The van der Waals surface area contributed by atoms with Crippen LogP contribution < -0.4 is 0 Å². The molecule has 0 radical (unpaired) electrons. The molecule has 53 heavy (non-hydrogen) atoms. The predicted octanol–water partition coefficient (Wildman–Crippen LogP) is 12.0. The first kappa shape index (κ1) is 28.5. The van der Waals surface area contributed by atoms with Crippen LogP contribution in [0, 0.1) is 23.7 Å². The molecular formula is C48H33N3O2. The minimum absolute atomic E-state index is 0.0179. The molecule has 1 spiro atoms. The molecule has 6 aromatic carbocycles. The highest BCUT2D eigenvalue weighted by Gasteiger charge is 2.66. The lowest BCUT2D eigenvalue weighted by atomic mass is 9.59. The molecule has 5 nitrogen and oxygen atoms in total. The van der Waals surface area contributed by atoms with E-state index in [0.717, 1.165) is 67.0 Å². The van der Waals surface area contributed by atoms with E-state index in [4.69, 9.17) is 23.8 Å². The van der Waals surface area contributed by atoms with E-state index in [9.17, 15) is 0 Å². The van der Waals surface area contributed by atoms with E-state index in [1.165, 1.54) is 53.3 Å². The Balaban J connectivity index is 1.08. The smallest absolute Gasteiger partial charge is 0.167 e. The van der Waals surface area contributed by atoms with Crippen molar-refractivity contribution in [1.29, 1.82) is 0 Å². The van der Waals surface area contributed by atoms with Crippen molar-refractivity contribution in [3.63, 3.8) is 0 Å². The van der Waals surface area contributed by atoms with Crippen LogP contribution in [0.25, 0.3) is 89.2 Å². The zero-order chi connectivity index (χ0) is 34.4. The topological polar surface area (TPSA) is 65.0 Å². The molecular weight excluding hydrogens is 651 g/mol. The van der Waals surface area contributed by atoms with Crippen LogP contribution in [0.1, 0.15) is 36.8 Å². The van der Waals surface area contributed by atoms with Gasteiger partial charge in [-0.2, -0.15) is 0 Å². The molecule has 3 aromatic heterocycles. The van der Waals surface area contributed by atoms with Gasteiger partial charge in [0.15, 0.2) is 17.5 Å². The van der Waals surface area contributed by atoms with Gasteiger partial charge in [0.1, 0.15) is 22.3 Å². The van der Waals surface area contributed by atoms with E-state index in [1.54, 1.807) is 0 Å². The summed E-state index contributed by atoms with van der Waals surface area (Å²) in [7, 11) is 0. The van der Waals surface area contributed by atoms with Gasteiger partial charge in [0.2, 0.25) is 0 Å². The van der Waals surface area contributed by atoms with Crippen LogP contribution in [0.3, 0.4) is 0 Å². The largest absolute Gasteiger partial charge is 0.456 e. The number of hydrogen-bond donors (Lipinski definition) is 0. The number of rotatable bonds is 3. The van der Waals surface area contributed by atoms with Crippen LogP contribution in [-0.2, 0) is 5.41 Å². The van der Waals surface area contributed by atoms with Gasteiger partial charge >= 0.3 is 0 Å². The highest BCUT2D eigenvalue weighted by molar-refractivity contribution is 6.13. The van der Waals surface area contributed by atoms with Gasteiger partial charge in [-0.05, 0) is 90.3 Å². The molecule has 5 aliphatic carbocycles. The molecule has 0 aliphatic heterocycles. The first-order valence-corrected chi connectivity index (χ1v) is 19.0. The second-order valence-corrected chi connectivity index (χ2v) is 15.9.